The second-order valence-electron chi connectivity index (χ2n) is 6.74. The van der Waals surface area contributed by atoms with Crippen LogP contribution in [0.1, 0.15) is 24.8 Å². The van der Waals surface area contributed by atoms with E-state index in [1.807, 2.05) is 6.07 Å². The number of carbonyl (C=O) groups excluding carboxylic acids is 1. The number of ether oxygens (including phenoxy) is 1. The molecule has 140 valence electrons. The highest BCUT2D eigenvalue weighted by Crippen LogP contribution is 2.24. The number of nitrogens with two attached hydrogens (primary N) is 1. The number of halogens is 1. The lowest BCUT2D eigenvalue weighted by Gasteiger charge is -2.33. The zero-order valence-corrected chi connectivity index (χ0v) is 15.6. The smallest absolute Gasteiger partial charge is 0.240 e. The molecule has 2 aliphatic heterocycles. The van der Waals surface area contributed by atoms with Crippen LogP contribution in [0, 0.1) is 0 Å². The topological polar surface area (TPSA) is 58.8 Å². The van der Waals surface area contributed by atoms with Gasteiger partial charge in [-0.3, -0.25) is 9.69 Å². The Hall–Kier alpha value is -1.14. The van der Waals surface area contributed by atoms with Gasteiger partial charge in [0.1, 0.15) is 0 Å². The van der Waals surface area contributed by atoms with E-state index < -0.39 is 0 Å². The Morgan fingerprint density at radius 2 is 1.84 bits per heavy atom. The van der Waals surface area contributed by atoms with Crippen LogP contribution in [0.15, 0.2) is 30.3 Å². The molecule has 0 spiro atoms. The predicted octanol–water partition coefficient (Wildman–Crippen LogP) is 1.69. The molecule has 2 heterocycles. The van der Waals surface area contributed by atoms with Crippen molar-refractivity contribution >= 4 is 18.3 Å². The molecule has 0 bridgehead atoms. The first-order valence-corrected chi connectivity index (χ1v) is 9.16. The molecule has 2 fully saturated rings. The van der Waals surface area contributed by atoms with E-state index in [1.54, 1.807) is 0 Å². The highest BCUT2D eigenvalue weighted by Gasteiger charge is 2.39. The maximum absolute atomic E-state index is 12.9. The molecule has 1 aromatic carbocycles. The molecule has 0 radical (unpaired) electrons. The minimum atomic E-state index is 0. The van der Waals surface area contributed by atoms with Crippen molar-refractivity contribution < 1.29 is 9.53 Å². The molecule has 1 amide bonds. The quantitative estimate of drug-likeness (QED) is 0.796. The fourth-order valence-corrected chi connectivity index (χ4v) is 3.89. The van der Waals surface area contributed by atoms with Crippen LogP contribution in [0.4, 0.5) is 0 Å². The molecule has 3 rings (SSSR count). The van der Waals surface area contributed by atoms with Crippen LogP contribution in [-0.2, 0) is 16.0 Å². The van der Waals surface area contributed by atoms with E-state index in [4.69, 9.17) is 10.5 Å². The third-order valence-corrected chi connectivity index (χ3v) is 5.23. The summed E-state index contributed by atoms with van der Waals surface area (Å²) >= 11 is 0. The third-order valence-electron chi connectivity index (χ3n) is 5.23. The normalized spacial score (nSPS) is 21.6. The van der Waals surface area contributed by atoms with Crippen molar-refractivity contribution in [2.45, 2.75) is 37.8 Å². The summed E-state index contributed by atoms with van der Waals surface area (Å²) in [7, 11) is 0. The maximum Gasteiger partial charge on any atom is 0.240 e. The highest BCUT2D eigenvalue weighted by atomic mass is 35.5. The first kappa shape index (κ1) is 20.2. The lowest BCUT2D eigenvalue weighted by atomic mass is 10.1. The first-order valence-electron chi connectivity index (χ1n) is 9.16. The van der Waals surface area contributed by atoms with Crippen molar-refractivity contribution in [2.24, 2.45) is 5.73 Å². The van der Waals surface area contributed by atoms with E-state index in [0.717, 1.165) is 58.5 Å². The number of hydrogen-bond donors (Lipinski definition) is 1. The van der Waals surface area contributed by atoms with Gasteiger partial charge in [-0.1, -0.05) is 30.3 Å². The molecule has 0 aliphatic carbocycles. The van der Waals surface area contributed by atoms with Gasteiger partial charge in [-0.2, -0.15) is 0 Å². The van der Waals surface area contributed by atoms with Gasteiger partial charge in [-0.25, -0.2) is 0 Å². The lowest BCUT2D eigenvalue weighted by Crippen LogP contribution is -2.48. The monoisotopic (exact) mass is 367 g/mol. The molecule has 2 N–H and O–H groups in total. The van der Waals surface area contributed by atoms with Gasteiger partial charge in [0.05, 0.1) is 6.04 Å². The van der Waals surface area contributed by atoms with E-state index in [0.29, 0.717) is 18.5 Å². The van der Waals surface area contributed by atoms with Crippen LogP contribution in [0.2, 0.25) is 0 Å². The number of rotatable bonds is 7. The van der Waals surface area contributed by atoms with E-state index in [-0.39, 0.29) is 18.4 Å². The van der Waals surface area contributed by atoms with Gasteiger partial charge >= 0.3 is 0 Å². The van der Waals surface area contributed by atoms with Crippen molar-refractivity contribution in [3.05, 3.63) is 35.9 Å². The summed E-state index contributed by atoms with van der Waals surface area (Å²) < 4.78 is 5.43. The maximum atomic E-state index is 12.9. The number of carbonyl (C=O) groups is 1. The van der Waals surface area contributed by atoms with E-state index >= 15 is 0 Å². The van der Waals surface area contributed by atoms with Gasteiger partial charge in [0.2, 0.25) is 5.91 Å². The average Bonchev–Trinajstić information content (AvgIpc) is 3.02. The molecule has 2 aliphatic rings. The molecular weight excluding hydrogens is 338 g/mol. The van der Waals surface area contributed by atoms with Gasteiger partial charge in [0, 0.05) is 45.4 Å². The zero-order valence-electron chi connectivity index (χ0n) is 14.8. The second kappa shape index (κ2) is 10.1. The number of benzene rings is 1. The number of amides is 1. The van der Waals surface area contributed by atoms with Crippen LogP contribution in [0.5, 0.6) is 0 Å². The largest absolute Gasteiger partial charge is 0.381 e. The molecule has 1 unspecified atom stereocenters. The fraction of sp³-hybridized carbons (Fsp3) is 0.632. The summed E-state index contributed by atoms with van der Waals surface area (Å²) in [5.41, 5.74) is 7.12. The minimum absolute atomic E-state index is 0. The average molecular weight is 368 g/mol. The molecule has 2 saturated heterocycles. The molecule has 25 heavy (non-hydrogen) atoms. The summed E-state index contributed by atoms with van der Waals surface area (Å²) in [6.45, 7) is 4.69. The van der Waals surface area contributed by atoms with Crippen LogP contribution >= 0.6 is 12.4 Å². The van der Waals surface area contributed by atoms with Crippen LogP contribution in [-0.4, -0.2) is 67.2 Å². The number of likely N-dealkylation sites (tertiary alicyclic amines) is 1. The Morgan fingerprint density at radius 3 is 2.52 bits per heavy atom. The van der Waals surface area contributed by atoms with Gasteiger partial charge in [0.25, 0.3) is 0 Å². The van der Waals surface area contributed by atoms with E-state index in [9.17, 15) is 4.79 Å². The summed E-state index contributed by atoms with van der Waals surface area (Å²) in [6.07, 6.45) is 3.82. The van der Waals surface area contributed by atoms with Crippen molar-refractivity contribution in [3.63, 3.8) is 0 Å². The van der Waals surface area contributed by atoms with Gasteiger partial charge in [-0.15, -0.1) is 12.4 Å². The van der Waals surface area contributed by atoms with Gasteiger partial charge in [0.15, 0.2) is 0 Å². The Labute approximate surface area is 156 Å². The molecular formula is C19H30ClN3O2. The Morgan fingerprint density at radius 1 is 1.12 bits per heavy atom. The molecule has 1 aromatic rings. The van der Waals surface area contributed by atoms with Crippen LogP contribution < -0.4 is 5.73 Å². The summed E-state index contributed by atoms with van der Waals surface area (Å²) in [5.74, 6) is 0.295. The van der Waals surface area contributed by atoms with Gasteiger partial charge in [-0.05, 0) is 31.2 Å². The second-order valence-corrected chi connectivity index (χ2v) is 6.74. The van der Waals surface area contributed by atoms with E-state index in [2.05, 4.69) is 34.1 Å². The summed E-state index contributed by atoms with van der Waals surface area (Å²) in [4.78, 5) is 17.3. The first-order chi connectivity index (χ1) is 11.8. The van der Waals surface area contributed by atoms with E-state index in [1.165, 1.54) is 5.56 Å². The fourth-order valence-electron chi connectivity index (χ4n) is 3.89. The summed E-state index contributed by atoms with van der Waals surface area (Å²) in [6, 6.07) is 10.8. The molecule has 5 nitrogen and oxygen atoms in total. The molecule has 0 saturated carbocycles. The lowest BCUT2D eigenvalue weighted by molar-refractivity contribution is -0.135. The summed E-state index contributed by atoms with van der Waals surface area (Å²) in [5, 5.41) is 0. The third kappa shape index (κ3) is 5.17. The molecule has 1 atom stereocenters. The Balaban J connectivity index is 0.00000225. The highest BCUT2D eigenvalue weighted by molar-refractivity contribution is 5.85. The molecule has 6 heteroatoms. The minimum Gasteiger partial charge on any atom is -0.381 e. The van der Waals surface area contributed by atoms with Crippen molar-refractivity contribution in [1.82, 2.24) is 9.80 Å². The zero-order chi connectivity index (χ0) is 16.8. The van der Waals surface area contributed by atoms with Crippen molar-refractivity contribution in [2.75, 3.05) is 39.4 Å². The van der Waals surface area contributed by atoms with Crippen LogP contribution in [0.25, 0.3) is 0 Å². The van der Waals surface area contributed by atoms with Crippen molar-refractivity contribution in [1.29, 1.82) is 0 Å². The number of nitrogens with zero attached hydrogens (tertiary/aromatic N) is 2. The molecule has 0 aromatic heterocycles. The Kier molecular flexibility index (Phi) is 8.16. The van der Waals surface area contributed by atoms with Gasteiger partial charge < -0.3 is 15.4 Å². The standard InChI is InChI=1S/C19H29N3O2.ClH/c20-10-13-21(11-6-16-4-2-1-3-5-16)18-7-12-22(19(18)23)17-8-14-24-15-9-17;/h1-5,17-18H,6-15,20H2;1H. The van der Waals surface area contributed by atoms with Crippen molar-refractivity contribution in [3.8, 4) is 0 Å². The Bertz CT molecular complexity index is 523. The van der Waals surface area contributed by atoms with Crippen LogP contribution in [0.3, 0.4) is 0 Å². The predicted molar refractivity (Wildman–Crippen MR) is 102 cm³/mol. The number of hydrogen-bond acceptors (Lipinski definition) is 4. The SMILES string of the molecule is Cl.NCCN(CCc1ccccc1)C1CCN(C2CCOCC2)C1=O.